The highest BCUT2D eigenvalue weighted by Gasteiger charge is 2.41. The van der Waals surface area contributed by atoms with E-state index in [4.69, 9.17) is 0 Å². The van der Waals surface area contributed by atoms with Crippen LogP contribution in [0.5, 0.6) is 0 Å². The lowest BCUT2D eigenvalue weighted by atomic mass is 9.69. The molecule has 0 aliphatic heterocycles. The molecule has 0 aromatic carbocycles. The van der Waals surface area contributed by atoms with Gasteiger partial charge in [0.25, 0.3) is 0 Å². The van der Waals surface area contributed by atoms with E-state index < -0.39 is 11.7 Å². The standard InChI is InChI=1S/C24H31F3O/c1-6-7-21(24(25,26)27)10-11-22(15(2)12-13-28)18(5)23-16(3)19-8-9-20(14-19)17(23)4/h7,10-11,19-20,23,28H,3-6,8-9,12-14H2,1-2H3/b11-10-,21-7-,22-15-. The monoisotopic (exact) mass is 392 g/mol. The van der Waals surface area contributed by atoms with Crippen LogP contribution in [-0.2, 0) is 0 Å². The van der Waals surface area contributed by atoms with E-state index in [9.17, 15) is 18.3 Å². The van der Waals surface area contributed by atoms with Crippen molar-refractivity contribution in [2.45, 2.75) is 52.1 Å². The van der Waals surface area contributed by atoms with Crippen LogP contribution in [0.15, 0.2) is 71.4 Å². The van der Waals surface area contributed by atoms with Gasteiger partial charge in [-0.25, -0.2) is 0 Å². The SMILES string of the molecule is C=C(C(/C=C\C(=C\CC)C(F)(F)F)=C(/C)CCO)C1C(=C)C2CCC(C2)C1=C. The summed E-state index contributed by atoms with van der Waals surface area (Å²) < 4.78 is 39.8. The molecule has 0 spiro atoms. The molecule has 2 aliphatic rings. The first-order chi connectivity index (χ1) is 13.1. The summed E-state index contributed by atoms with van der Waals surface area (Å²) in [6, 6.07) is 0. The molecule has 2 fully saturated rings. The smallest absolute Gasteiger partial charge is 0.396 e. The molecule has 2 aliphatic carbocycles. The summed E-state index contributed by atoms with van der Waals surface area (Å²) in [6.07, 6.45) is 3.33. The van der Waals surface area contributed by atoms with Crippen molar-refractivity contribution in [2.24, 2.45) is 17.8 Å². The van der Waals surface area contributed by atoms with Crippen molar-refractivity contribution < 1.29 is 18.3 Å². The molecule has 2 unspecified atom stereocenters. The van der Waals surface area contributed by atoms with Gasteiger partial charge in [0, 0.05) is 12.5 Å². The molecule has 1 nitrogen and oxygen atoms in total. The Bertz CT molecular complexity index is 711. The molecule has 1 N–H and O–H groups in total. The van der Waals surface area contributed by atoms with E-state index in [-0.39, 0.29) is 12.5 Å². The van der Waals surface area contributed by atoms with Crippen molar-refractivity contribution >= 4 is 0 Å². The molecule has 2 rings (SSSR count). The third-order valence-corrected chi connectivity index (χ3v) is 6.04. The van der Waals surface area contributed by atoms with Gasteiger partial charge in [-0.1, -0.05) is 55.5 Å². The van der Waals surface area contributed by atoms with Crippen LogP contribution in [-0.4, -0.2) is 17.9 Å². The minimum atomic E-state index is -4.40. The van der Waals surface area contributed by atoms with Crippen molar-refractivity contribution in [3.63, 3.8) is 0 Å². The number of rotatable bonds is 7. The molecule has 2 atom stereocenters. The van der Waals surface area contributed by atoms with Crippen LogP contribution in [0.4, 0.5) is 13.2 Å². The Labute approximate surface area is 166 Å². The fourth-order valence-corrected chi connectivity index (χ4v) is 4.46. The number of hydrogen-bond donors (Lipinski definition) is 1. The third kappa shape index (κ3) is 4.78. The Hall–Kier alpha value is -1.81. The zero-order valence-electron chi connectivity index (χ0n) is 16.9. The second-order valence-electron chi connectivity index (χ2n) is 7.88. The quantitative estimate of drug-likeness (QED) is 0.371. The highest BCUT2D eigenvalue weighted by atomic mass is 19.4. The molecule has 0 saturated heterocycles. The van der Waals surface area contributed by atoms with E-state index in [2.05, 4.69) is 19.7 Å². The number of halogens is 3. The number of alkyl halides is 3. The molecule has 0 heterocycles. The molecule has 0 aromatic heterocycles. The first kappa shape index (κ1) is 22.5. The maximum atomic E-state index is 13.3. The fraction of sp³-hybridized carbons (Fsp3) is 0.500. The van der Waals surface area contributed by atoms with Crippen LogP contribution in [0.3, 0.4) is 0 Å². The van der Waals surface area contributed by atoms with Crippen molar-refractivity contribution in [1.82, 2.24) is 0 Å². The minimum absolute atomic E-state index is 0.0643. The lowest BCUT2D eigenvalue weighted by molar-refractivity contribution is -0.0884. The zero-order chi connectivity index (χ0) is 21.1. The van der Waals surface area contributed by atoms with Crippen LogP contribution in [0, 0.1) is 17.8 Å². The van der Waals surface area contributed by atoms with Gasteiger partial charge >= 0.3 is 6.18 Å². The van der Waals surface area contributed by atoms with Crippen molar-refractivity contribution in [3.8, 4) is 0 Å². The Balaban J connectivity index is 2.41. The first-order valence-electron chi connectivity index (χ1n) is 9.94. The molecular formula is C24H31F3O. The number of hydrogen-bond acceptors (Lipinski definition) is 1. The maximum absolute atomic E-state index is 13.3. The van der Waals surface area contributed by atoms with Gasteiger partial charge in [-0.3, -0.25) is 0 Å². The van der Waals surface area contributed by atoms with Crippen LogP contribution in [0.1, 0.15) is 46.0 Å². The van der Waals surface area contributed by atoms with E-state index in [1.807, 2.05) is 6.92 Å². The lowest BCUT2D eigenvalue weighted by Crippen LogP contribution is -2.23. The molecule has 2 saturated carbocycles. The van der Waals surface area contributed by atoms with Gasteiger partial charge in [-0.15, -0.1) is 0 Å². The van der Waals surface area contributed by atoms with E-state index in [1.165, 1.54) is 12.2 Å². The average molecular weight is 393 g/mol. The second kappa shape index (κ2) is 9.13. The van der Waals surface area contributed by atoms with Crippen molar-refractivity contribution in [3.05, 3.63) is 71.4 Å². The summed E-state index contributed by atoms with van der Waals surface area (Å²) in [4.78, 5) is 0. The van der Waals surface area contributed by atoms with Crippen molar-refractivity contribution in [2.75, 3.05) is 6.61 Å². The molecule has 0 radical (unpaired) electrons. The van der Waals surface area contributed by atoms with Crippen LogP contribution >= 0.6 is 0 Å². The fourth-order valence-electron chi connectivity index (χ4n) is 4.46. The molecule has 0 aromatic rings. The number of aliphatic hydroxyl groups is 1. The highest BCUT2D eigenvalue weighted by molar-refractivity contribution is 5.52. The van der Waals surface area contributed by atoms with Gasteiger partial charge < -0.3 is 5.11 Å². The summed E-state index contributed by atoms with van der Waals surface area (Å²) in [5, 5.41) is 9.35. The summed E-state index contributed by atoms with van der Waals surface area (Å²) in [7, 11) is 0. The summed E-state index contributed by atoms with van der Waals surface area (Å²) in [5.74, 6) is 0.765. The van der Waals surface area contributed by atoms with Gasteiger partial charge in [-0.2, -0.15) is 13.2 Å². The first-order valence-corrected chi connectivity index (χ1v) is 9.94. The summed E-state index contributed by atoms with van der Waals surface area (Å²) in [6.45, 7) is 16.3. The van der Waals surface area contributed by atoms with E-state index in [1.54, 1.807) is 6.92 Å². The second-order valence-corrected chi connectivity index (χ2v) is 7.88. The lowest BCUT2D eigenvalue weighted by Gasteiger charge is -2.35. The Morgan fingerprint density at radius 3 is 2.18 bits per heavy atom. The molecule has 0 amide bonds. The van der Waals surface area contributed by atoms with Gasteiger partial charge in [0.1, 0.15) is 0 Å². The number of allylic oxidation sites excluding steroid dienone is 8. The molecular weight excluding hydrogens is 361 g/mol. The topological polar surface area (TPSA) is 20.2 Å². The minimum Gasteiger partial charge on any atom is -0.396 e. The zero-order valence-corrected chi connectivity index (χ0v) is 16.9. The van der Waals surface area contributed by atoms with Crippen LogP contribution in [0.2, 0.25) is 0 Å². The maximum Gasteiger partial charge on any atom is 0.416 e. The highest BCUT2D eigenvalue weighted by Crippen LogP contribution is 2.53. The predicted molar refractivity (Wildman–Crippen MR) is 110 cm³/mol. The van der Waals surface area contributed by atoms with Gasteiger partial charge in [0.05, 0.1) is 5.57 Å². The molecule has 154 valence electrons. The Kier molecular flexibility index (Phi) is 7.33. The summed E-state index contributed by atoms with van der Waals surface area (Å²) >= 11 is 0. The normalized spacial score (nSPS) is 26.8. The molecule has 28 heavy (non-hydrogen) atoms. The average Bonchev–Trinajstić information content (AvgIpc) is 3.06. The molecule has 2 bridgehead atoms. The Morgan fingerprint density at radius 2 is 1.71 bits per heavy atom. The van der Waals surface area contributed by atoms with Gasteiger partial charge in [-0.05, 0) is 68.1 Å². The number of fused-ring (bicyclic) bond motifs is 2. The number of aliphatic hydroxyl groups excluding tert-OH is 1. The Morgan fingerprint density at radius 1 is 1.14 bits per heavy atom. The van der Waals surface area contributed by atoms with Gasteiger partial charge in [0.2, 0.25) is 0 Å². The van der Waals surface area contributed by atoms with E-state index >= 15 is 0 Å². The predicted octanol–water partition coefficient (Wildman–Crippen LogP) is 6.85. The van der Waals surface area contributed by atoms with E-state index in [0.717, 1.165) is 47.6 Å². The van der Waals surface area contributed by atoms with Crippen molar-refractivity contribution in [1.29, 1.82) is 0 Å². The summed E-state index contributed by atoms with van der Waals surface area (Å²) in [5.41, 5.74) is 3.71. The molecule has 4 heteroatoms. The van der Waals surface area contributed by atoms with Crippen LogP contribution < -0.4 is 0 Å². The van der Waals surface area contributed by atoms with E-state index in [0.29, 0.717) is 30.3 Å². The van der Waals surface area contributed by atoms with Gasteiger partial charge in [0.15, 0.2) is 0 Å². The largest absolute Gasteiger partial charge is 0.416 e. The van der Waals surface area contributed by atoms with Crippen LogP contribution in [0.25, 0.3) is 0 Å². The third-order valence-electron chi connectivity index (χ3n) is 6.04.